The Bertz CT molecular complexity index is 523. The van der Waals surface area contributed by atoms with Crippen LogP contribution in [0.4, 0.5) is 0 Å². The van der Waals surface area contributed by atoms with Gasteiger partial charge in [-0.05, 0) is 29.1 Å². The molecule has 1 aromatic heterocycles. The zero-order chi connectivity index (χ0) is 14.4. The van der Waals surface area contributed by atoms with Crippen molar-refractivity contribution >= 4 is 11.3 Å². The van der Waals surface area contributed by atoms with Gasteiger partial charge in [0.2, 0.25) is 0 Å². The molecule has 4 heteroatoms. The molecule has 0 saturated carbocycles. The molecule has 2 rings (SSSR count). The summed E-state index contributed by atoms with van der Waals surface area (Å²) in [5.74, 6) is 1.57. The van der Waals surface area contributed by atoms with E-state index in [1.54, 1.807) is 18.4 Å². The molecule has 0 fully saturated rings. The van der Waals surface area contributed by atoms with Gasteiger partial charge >= 0.3 is 0 Å². The van der Waals surface area contributed by atoms with Crippen LogP contribution in [-0.4, -0.2) is 13.2 Å². The molecule has 1 heterocycles. The molecule has 0 radical (unpaired) electrons. The number of methoxy groups -OCH3 is 1. The fourth-order valence-electron chi connectivity index (χ4n) is 1.81. The molecule has 20 heavy (non-hydrogen) atoms. The highest BCUT2D eigenvalue weighted by Gasteiger charge is 2.07. The molecule has 108 valence electrons. The summed E-state index contributed by atoms with van der Waals surface area (Å²) in [7, 11) is 1.67. The highest BCUT2D eigenvalue weighted by Crippen LogP contribution is 2.29. The molecule has 0 unspecified atom stereocenters. The highest BCUT2D eigenvalue weighted by molar-refractivity contribution is 7.09. The van der Waals surface area contributed by atoms with Crippen LogP contribution in [-0.2, 0) is 13.2 Å². The third kappa shape index (κ3) is 4.25. The van der Waals surface area contributed by atoms with Gasteiger partial charge in [0, 0.05) is 17.5 Å². The maximum Gasteiger partial charge on any atom is 0.161 e. The Kier molecular flexibility index (Phi) is 5.44. The van der Waals surface area contributed by atoms with Gasteiger partial charge in [0.05, 0.1) is 7.11 Å². The maximum atomic E-state index is 5.82. The van der Waals surface area contributed by atoms with Crippen molar-refractivity contribution in [2.45, 2.75) is 33.0 Å². The fourth-order valence-corrected chi connectivity index (χ4v) is 2.42. The summed E-state index contributed by atoms with van der Waals surface area (Å²) < 4.78 is 11.2. The van der Waals surface area contributed by atoms with E-state index in [4.69, 9.17) is 9.47 Å². The van der Waals surface area contributed by atoms with Crippen LogP contribution < -0.4 is 14.8 Å². The lowest BCUT2D eigenvalue weighted by molar-refractivity contribution is 0.287. The van der Waals surface area contributed by atoms with Crippen molar-refractivity contribution in [3.05, 3.63) is 46.2 Å². The minimum atomic E-state index is 0.468. The molecule has 0 aliphatic rings. The van der Waals surface area contributed by atoms with Gasteiger partial charge in [0.15, 0.2) is 11.5 Å². The van der Waals surface area contributed by atoms with Gasteiger partial charge in [-0.25, -0.2) is 0 Å². The standard InChI is InChI=1S/C16H21NO2S/c1-12(2)17-10-13-6-7-15(16(9-13)18-3)19-11-14-5-4-8-20-14/h4-9,12,17H,10-11H2,1-3H3. The molecule has 1 N–H and O–H groups in total. The normalized spacial score (nSPS) is 10.8. The van der Waals surface area contributed by atoms with Crippen molar-refractivity contribution in [1.82, 2.24) is 5.32 Å². The van der Waals surface area contributed by atoms with E-state index in [0.717, 1.165) is 18.0 Å². The molecular weight excluding hydrogens is 270 g/mol. The quantitative estimate of drug-likeness (QED) is 0.841. The number of rotatable bonds is 7. The summed E-state index contributed by atoms with van der Waals surface area (Å²) in [6, 6.07) is 10.6. The van der Waals surface area contributed by atoms with Crippen LogP contribution >= 0.6 is 11.3 Å². The van der Waals surface area contributed by atoms with E-state index in [2.05, 4.69) is 36.7 Å². The average Bonchev–Trinajstić information content (AvgIpc) is 2.96. The maximum absolute atomic E-state index is 5.82. The van der Waals surface area contributed by atoms with Gasteiger partial charge in [-0.3, -0.25) is 0 Å². The van der Waals surface area contributed by atoms with Crippen molar-refractivity contribution in [3.63, 3.8) is 0 Å². The Hall–Kier alpha value is -1.52. The second-order valence-corrected chi connectivity index (χ2v) is 5.92. The summed E-state index contributed by atoms with van der Waals surface area (Å²) in [5, 5.41) is 5.44. The van der Waals surface area contributed by atoms with Crippen molar-refractivity contribution in [2.24, 2.45) is 0 Å². The number of thiophene rings is 1. The lowest BCUT2D eigenvalue weighted by atomic mass is 10.2. The monoisotopic (exact) mass is 291 g/mol. The van der Waals surface area contributed by atoms with E-state index in [1.807, 2.05) is 18.2 Å². The topological polar surface area (TPSA) is 30.5 Å². The summed E-state index contributed by atoms with van der Waals surface area (Å²) in [4.78, 5) is 1.21. The SMILES string of the molecule is COc1cc(CNC(C)C)ccc1OCc1cccs1. The Morgan fingerprint density at radius 2 is 2.05 bits per heavy atom. The molecule has 0 saturated heterocycles. The predicted octanol–water partition coefficient (Wildman–Crippen LogP) is 3.83. The molecule has 3 nitrogen and oxygen atoms in total. The van der Waals surface area contributed by atoms with E-state index in [9.17, 15) is 0 Å². The molecule has 0 spiro atoms. The number of nitrogens with one attached hydrogen (secondary N) is 1. The second-order valence-electron chi connectivity index (χ2n) is 4.89. The van der Waals surface area contributed by atoms with Crippen LogP contribution in [0, 0.1) is 0 Å². The first-order chi connectivity index (χ1) is 9.69. The summed E-state index contributed by atoms with van der Waals surface area (Å²) in [5.41, 5.74) is 1.19. The second kappa shape index (κ2) is 7.31. The van der Waals surface area contributed by atoms with Gasteiger partial charge in [-0.2, -0.15) is 0 Å². The Morgan fingerprint density at radius 3 is 2.70 bits per heavy atom. The summed E-state index contributed by atoms with van der Waals surface area (Å²) in [6.07, 6.45) is 0. The summed E-state index contributed by atoms with van der Waals surface area (Å²) >= 11 is 1.69. The zero-order valence-corrected chi connectivity index (χ0v) is 13.0. The van der Waals surface area contributed by atoms with Crippen LogP contribution in [0.1, 0.15) is 24.3 Å². The minimum Gasteiger partial charge on any atom is -0.493 e. The lowest BCUT2D eigenvalue weighted by Crippen LogP contribution is -2.21. The van der Waals surface area contributed by atoms with Gasteiger partial charge in [0.1, 0.15) is 6.61 Å². The first-order valence-electron chi connectivity index (χ1n) is 6.74. The van der Waals surface area contributed by atoms with Crippen molar-refractivity contribution < 1.29 is 9.47 Å². The van der Waals surface area contributed by atoms with Gasteiger partial charge in [-0.15, -0.1) is 11.3 Å². The van der Waals surface area contributed by atoms with Gasteiger partial charge in [-0.1, -0.05) is 26.0 Å². The zero-order valence-electron chi connectivity index (χ0n) is 12.2. The van der Waals surface area contributed by atoms with Gasteiger partial charge < -0.3 is 14.8 Å². The van der Waals surface area contributed by atoms with E-state index in [1.165, 1.54) is 10.4 Å². The van der Waals surface area contributed by atoms with Crippen molar-refractivity contribution in [1.29, 1.82) is 0 Å². The largest absolute Gasteiger partial charge is 0.493 e. The van der Waals surface area contributed by atoms with Gasteiger partial charge in [0.25, 0.3) is 0 Å². The number of hydrogen-bond donors (Lipinski definition) is 1. The van der Waals surface area contributed by atoms with E-state index in [-0.39, 0.29) is 0 Å². The van der Waals surface area contributed by atoms with Crippen LogP contribution in [0.25, 0.3) is 0 Å². The van der Waals surface area contributed by atoms with Crippen LogP contribution in [0.15, 0.2) is 35.7 Å². The summed E-state index contributed by atoms with van der Waals surface area (Å²) in [6.45, 7) is 5.68. The van der Waals surface area contributed by atoms with Crippen LogP contribution in [0.5, 0.6) is 11.5 Å². The predicted molar refractivity (Wildman–Crippen MR) is 83.6 cm³/mol. The Labute approximate surface area is 124 Å². The molecule has 0 amide bonds. The van der Waals surface area contributed by atoms with E-state index < -0.39 is 0 Å². The molecule has 0 aliphatic carbocycles. The average molecular weight is 291 g/mol. The number of ether oxygens (including phenoxy) is 2. The minimum absolute atomic E-state index is 0.468. The molecular formula is C16H21NO2S. The molecule has 2 aromatic rings. The first-order valence-corrected chi connectivity index (χ1v) is 7.62. The fraction of sp³-hybridized carbons (Fsp3) is 0.375. The Balaban J connectivity index is 2.01. The van der Waals surface area contributed by atoms with Crippen molar-refractivity contribution in [3.8, 4) is 11.5 Å². The van der Waals surface area contributed by atoms with E-state index >= 15 is 0 Å². The number of hydrogen-bond acceptors (Lipinski definition) is 4. The van der Waals surface area contributed by atoms with Crippen LogP contribution in [0.3, 0.4) is 0 Å². The molecule has 0 bridgehead atoms. The first kappa shape index (κ1) is 14.9. The van der Waals surface area contributed by atoms with Crippen molar-refractivity contribution in [2.75, 3.05) is 7.11 Å². The smallest absolute Gasteiger partial charge is 0.161 e. The molecule has 0 atom stereocenters. The lowest BCUT2D eigenvalue weighted by Gasteiger charge is -2.13. The molecule has 1 aromatic carbocycles. The molecule has 0 aliphatic heterocycles. The third-order valence-corrected chi connectivity index (χ3v) is 3.74. The van der Waals surface area contributed by atoms with Crippen LogP contribution in [0.2, 0.25) is 0 Å². The number of benzene rings is 1. The Morgan fingerprint density at radius 1 is 1.20 bits per heavy atom. The van der Waals surface area contributed by atoms with E-state index in [0.29, 0.717) is 12.6 Å². The third-order valence-electron chi connectivity index (χ3n) is 2.89. The highest BCUT2D eigenvalue weighted by atomic mass is 32.1.